The van der Waals surface area contributed by atoms with Crippen LogP contribution in [-0.4, -0.2) is 33.9 Å². The van der Waals surface area contributed by atoms with E-state index in [0.29, 0.717) is 17.3 Å². The van der Waals surface area contributed by atoms with Crippen LogP contribution in [-0.2, 0) is 11.3 Å². The van der Waals surface area contributed by atoms with Crippen LogP contribution < -0.4 is 0 Å². The van der Waals surface area contributed by atoms with Crippen molar-refractivity contribution in [3.05, 3.63) is 4.77 Å². The van der Waals surface area contributed by atoms with Crippen molar-refractivity contribution < 1.29 is 4.74 Å². The van der Waals surface area contributed by atoms with E-state index in [0.717, 1.165) is 6.54 Å². The summed E-state index contributed by atoms with van der Waals surface area (Å²) >= 11 is 4.91. The summed E-state index contributed by atoms with van der Waals surface area (Å²) in [5.74, 6) is 0.406. The van der Waals surface area contributed by atoms with Crippen LogP contribution in [0.15, 0.2) is 0 Å². The minimum Gasteiger partial charge on any atom is -0.384 e. The summed E-state index contributed by atoms with van der Waals surface area (Å²) in [6, 6.07) is 0. The Labute approximate surface area is 75.7 Å². The van der Waals surface area contributed by atoms with Gasteiger partial charge < -0.3 is 4.74 Å². The molecule has 1 N–H and O–H groups in total. The highest BCUT2D eigenvalue weighted by molar-refractivity contribution is 7.71. The summed E-state index contributed by atoms with van der Waals surface area (Å²) < 4.78 is 7.20. The summed E-state index contributed by atoms with van der Waals surface area (Å²) in [4.78, 5) is 0. The normalized spacial score (nSPS) is 13.2. The topological polar surface area (TPSA) is 55.7 Å². The molecule has 5 nitrogen and oxygen atoms in total. The van der Waals surface area contributed by atoms with Crippen LogP contribution in [0, 0.1) is 10.7 Å². The van der Waals surface area contributed by atoms with E-state index in [4.69, 9.17) is 17.0 Å². The van der Waals surface area contributed by atoms with Crippen molar-refractivity contribution in [3.63, 3.8) is 0 Å². The van der Waals surface area contributed by atoms with Gasteiger partial charge in [0.1, 0.15) is 0 Å². The SMILES string of the molecule is COCC(C)Cn1[nH]nnc1=S. The fourth-order valence-electron chi connectivity index (χ4n) is 0.984. The number of nitrogens with one attached hydrogen (secondary N) is 1. The maximum atomic E-state index is 4.99. The molecule has 1 unspecified atom stereocenters. The van der Waals surface area contributed by atoms with Gasteiger partial charge in [-0.3, -0.25) is 0 Å². The van der Waals surface area contributed by atoms with E-state index in [1.54, 1.807) is 11.8 Å². The molecule has 0 saturated heterocycles. The van der Waals surface area contributed by atoms with E-state index in [9.17, 15) is 0 Å². The molecule has 0 spiro atoms. The maximum absolute atomic E-state index is 4.99. The minimum absolute atomic E-state index is 0.406. The van der Waals surface area contributed by atoms with E-state index in [2.05, 4.69) is 22.4 Å². The first-order chi connectivity index (χ1) is 5.74. The Hall–Kier alpha value is -0.750. The van der Waals surface area contributed by atoms with E-state index < -0.39 is 0 Å². The number of tetrazole rings is 1. The molecule has 0 aliphatic carbocycles. The van der Waals surface area contributed by atoms with Crippen molar-refractivity contribution in [1.29, 1.82) is 0 Å². The van der Waals surface area contributed by atoms with Crippen LogP contribution in [0.1, 0.15) is 6.92 Å². The van der Waals surface area contributed by atoms with Crippen LogP contribution in [0.3, 0.4) is 0 Å². The molecule has 0 fully saturated rings. The van der Waals surface area contributed by atoms with Crippen LogP contribution in [0.4, 0.5) is 0 Å². The number of H-pyrrole nitrogens is 1. The van der Waals surface area contributed by atoms with Crippen LogP contribution in [0.5, 0.6) is 0 Å². The van der Waals surface area contributed by atoms with Gasteiger partial charge in [-0.1, -0.05) is 17.2 Å². The summed E-state index contributed by atoms with van der Waals surface area (Å²) in [5.41, 5.74) is 0. The summed E-state index contributed by atoms with van der Waals surface area (Å²) in [6.45, 7) is 3.55. The lowest BCUT2D eigenvalue weighted by atomic mass is 10.2. The number of aromatic amines is 1. The fraction of sp³-hybridized carbons (Fsp3) is 0.833. The van der Waals surface area contributed by atoms with E-state index in [1.807, 2.05) is 0 Å². The highest BCUT2D eigenvalue weighted by Gasteiger charge is 2.03. The molecular weight excluding hydrogens is 176 g/mol. The average molecular weight is 188 g/mol. The molecule has 1 aromatic rings. The Bertz CT molecular complexity index is 281. The summed E-state index contributed by atoms with van der Waals surface area (Å²) in [7, 11) is 1.68. The number of ether oxygens (including phenoxy) is 1. The Morgan fingerprint density at radius 2 is 2.50 bits per heavy atom. The van der Waals surface area contributed by atoms with E-state index in [-0.39, 0.29) is 0 Å². The molecule has 6 heteroatoms. The lowest BCUT2D eigenvalue weighted by Crippen LogP contribution is -2.13. The maximum Gasteiger partial charge on any atom is 0.238 e. The number of rotatable bonds is 4. The minimum atomic E-state index is 0.406. The fourth-order valence-corrected chi connectivity index (χ4v) is 1.14. The van der Waals surface area contributed by atoms with Gasteiger partial charge in [0.05, 0.1) is 6.61 Å². The van der Waals surface area contributed by atoms with Crippen molar-refractivity contribution >= 4 is 12.2 Å². The largest absolute Gasteiger partial charge is 0.384 e. The standard InChI is InChI=1S/C6H12N4OS/c1-5(4-11-2)3-10-6(12)7-8-9-10/h5H,3-4H2,1-2H3,(H,7,9,12). The van der Waals surface area contributed by atoms with Crippen LogP contribution >= 0.6 is 12.2 Å². The van der Waals surface area contributed by atoms with Gasteiger partial charge in [-0.25, -0.2) is 4.68 Å². The number of methoxy groups -OCH3 is 1. The predicted molar refractivity (Wildman–Crippen MR) is 46.2 cm³/mol. The van der Waals surface area contributed by atoms with Gasteiger partial charge in [0.25, 0.3) is 0 Å². The number of hydrogen-bond donors (Lipinski definition) is 1. The third-order valence-corrected chi connectivity index (χ3v) is 1.78. The first kappa shape index (κ1) is 9.34. The van der Waals surface area contributed by atoms with Crippen LogP contribution in [0.25, 0.3) is 0 Å². The van der Waals surface area contributed by atoms with Crippen molar-refractivity contribution in [1.82, 2.24) is 20.2 Å². The summed E-state index contributed by atoms with van der Waals surface area (Å²) in [5, 5.41) is 9.93. The first-order valence-corrected chi connectivity index (χ1v) is 4.11. The molecule has 1 heterocycles. The lowest BCUT2D eigenvalue weighted by molar-refractivity contribution is 0.149. The number of aromatic nitrogens is 4. The second-order valence-corrected chi connectivity index (χ2v) is 3.12. The van der Waals surface area contributed by atoms with Gasteiger partial charge in [-0.2, -0.15) is 5.21 Å². The number of hydrogen-bond acceptors (Lipinski definition) is 4. The zero-order valence-electron chi connectivity index (χ0n) is 7.15. The second kappa shape index (κ2) is 4.32. The average Bonchev–Trinajstić information content (AvgIpc) is 2.37. The molecule has 0 radical (unpaired) electrons. The van der Waals surface area contributed by atoms with E-state index >= 15 is 0 Å². The Kier molecular flexibility index (Phi) is 3.36. The molecule has 68 valence electrons. The van der Waals surface area contributed by atoms with Gasteiger partial charge in [-0.05, 0) is 18.1 Å². The van der Waals surface area contributed by atoms with Gasteiger partial charge in [0.2, 0.25) is 4.77 Å². The van der Waals surface area contributed by atoms with Gasteiger partial charge in [-0.15, -0.1) is 0 Å². The zero-order chi connectivity index (χ0) is 8.97. The molecule has 0 bridgehead atoms. The zero-order valence-corrected chi connectivity index (χ0v) is 7.97. The number of nitrogens with zero attached hydrogens (tertiary/aromatic N) is 3. The highest BCUT2D eigenvalue weighted by Crippen LogP contribution is 1.98. The quantitative estimate of drug-likeness (QED) is 0.704. The second-order valence-electron chi connectivity index (χ2n) is 2.75. The van der Waals surface area contributed by atoms with Crippen molar-refractivity contribution in [2.75, 3.05) is 13.7 Å². The molecule has 0 aliphatic rings. The van der Waals surface area contributed by atoms with Gasteiger partial charge >= 0.3 is 0 Å². The summed E-state index contributed by atoms with van der Waals surface area (Å²) in [6.07, 6.45) is 0. The molecule has 0 saturated carbocycles. The van der Waals surface area contributed by atoms with Crippen LogP contribution in [0.2, 0.25) is 0 Å². The smallest absolute Gasteiger partial charge is 0.238 e. The van der Waals surface area contributed by atoms with E-state index in [1.165, 1.54) is 0 Å². The molecule has 0 amide bonds. The first-order valence-electron chi connectivity index (χ1n) is 3.71. The van der Waals surface area contributed by atoms with Crippen molar-refractivity contribution in [3.8, 4) is 0 Å². The molecule has 0 aromatic carbocycles. The molecule has 1 rings (SSSR count). The van der Waals surface area contributed by atoms with Gasteiger partial charge in [0.15, 0.2) is 0 Å². The Morgan fingerprint density at radius 3 is 3.00 bits per heavy atom. The van der Waals surface area contributed by atoms with Crippen molar-refractivity contribution in [2.24, 2.45) is 5.92 Å². The molecular formula is C6H12N4OS. The molecule has 1 atom stereocenters. The van der Waals surface area contributed by atoms with Crippen molar-refractivity contribution in [2.45, 2.75) is 13.5 Å². The molecule has 0 aliphatic heterocycles. The third-order valence-electron chi connectivity index (χ3n) is 1.48. The molecule has 12 heavy (non-hydrogen) atoms. The third kappa shape index (κ3) is 2.38. The predicted octanol–water partition coefficient (Wildman–Crippen LogP) is 0.618. The highest BCUT2D eigenvalue weighted by atomic mass is 32.1. The Morgan fingerprint density at radius 1 is 1.75 bits per heavy atom. The Balaban J connectivity index is 2.52. The lowest BCUT2D eigenvalue weighted by Gasteiger charge is -2.08. The van der Waals surface area contributed by atoms with Gasteiger partial charge in [0, 0.05) is 13.7 Å². The monoisotopic (exact) mass is 188 g/mol. The molecule has 1 aromatic heterocycles.